The van der Waals surface area contributed by atoms with Crippen LogP contribution in [0.1, 0.15) is 0 Å². The summed E-state index contributed by atoms with van der Waals surface area (Å²) in [5.74, 6) is -0.214. The number of nitrogens with zero attached hydrogens (tertiary/aromatic N) is 3. The molecule has 4 aromatic rings. The van der Waals surface area contributed by atoms with Crippen LogP contribution in [0.25, 0.3) is 10.8 Å². The molecular formula is C18H13Cl2N5O2S. The first-order valence-corrected chi connectivity index (χ1v) is 10.2. The van der Waals surface area contributed by atoms with E-state index in [2.05, 4.69) is 15.4 Å². The Labute approximate surface area is 170 Å². The van der Waals surface area contributed by atoms with Gasteiger partial charge in [0, 0.05) is 21.1 Å². The summed E-state index contributed by atoms with van der Waals surface area (Å²) in [6, 6.07) is 16.6. The maximum Gasteiger partial charge on any atom is 0.286 e. The number of aromatic nitrogens is 3. The zero-order valence-corrected chi connectivity index (χ0v) is 16.5. The summed E-state index contributed by atoms with van der Waals surface area (Å²) >= 11 is 11.9. The minimum absolute atomic E-state index is 0.0479. The van der Waals surface area contributed by atoms with E-state index in [1.54, 1.807) is 54.6 Å². The van der Waals surface area contributed by atoms with Crippen LogP contribution in [0.3, 0.4) is 0 Å². The summed E-state index contributed by atoms with van der Waals surface area (Å²) in [7, 11) is -4.07. The smallest absolute Gasteiger partial charge is 0.286 e. The van der Waals surface area contributed by atoms with Crippen LogP contribution in [0, 0.1) is 0 Å². The lowest BCUT2D eigenvalue weighted by atomic mass is 10.1. The lowest BCUT2D eigenvalue weighted by Gasteiger charge is -2.09. The molecule has 4 rings (SSSR count). The first kappa shape index (κ1) is 18.5. The van der Waals surface area contributed by atoms with Crippen LogP contribution in [0.4, 0.5) is 17.6 Å². The minimum Gasteiger partial charge on any atom is -0.367 e. The van der Waals surface area contributed by atoms with Gasteiger partial charge in [0.2, 0.25) is 11.9 Å². The van der Waals surface area contributed by atoms with Crippen LogP contribution in [0.2, 0.25) is 10.0 Å². The Morgan fingerprint density at radius 3 is 2.43 bits per heavy atom. The van der Waals surface area contributed by atoms with Crippen LogP contribution >= 0.6 is 23.2 Å². The number of benzene rings is 3. The zero-order chi connectivity index (χ0) is 19.9. The number of hydrogen-bond donors (Lipinski definition) is 2. The standard InChI is InChI=1S/C18H13Cl2N5O2S/c19-12-4-7-14(8-5-12)22-18-23-17(21)25(24-18)28(26,27)16-3-1-2-11-10-13(20)6-9-15(11)16/h1-10H,(H3,21,22,23,24). The van der Waals surface area contributed by atoms with Crippen molar-refractivity contribution in [3.05, 3.63) is 70.7 Å². The Hall–Kier alpha value is -2.81. The first-order chi connectivity index (χ1) is 13.3. The Kier molecular flexibility index (Phi) is 4.62. The average Bonchev–Trinajstić information content (AvgIpc) is 3.04. The average molecular weight is 434 g/mol. The van der Waals surface area contributed by atoms with Gasteiger partial charge in [-0.1, -0.05) is 41.4 Å². The van der Waals surface area contributed by atoms with E-state index in [0.717, 1.165) is 0 Å². The highest BCUT2D eigenvalue weighted by Crippen LogP contribution is 2.28. The lowest BCUT2D eigenvalue weighted by molar-refractivity contribution is 0.582. The molecule has 0 spiro atoms. The second-order valence-electron chi connectivity index (χ2n) is 5.90. The van der Waals surface area contributed by atoms with Crippen molar-refractivity contribution in [2.45, 2.75) is 4.90 Å². The van der Waals surface area contributed by atoms with E-state index in [0.29, 0.717) is 30.6 Å². The third kappa shape index (κ3) is 3.37. The fraction of sp³-hybridized carbons (Fsp3) is 0. The Morgan fingerprint density at radius 2 is 1.68 bits per heavy atom. The van der Waals surface area contributed by atoms with E-state index >= 15 is 0 Å². The molecule has 0 aliphatic carbocycles. The largest absolute Gasteiger partial charge is 0.367 e. The molecule has 1 aromatic heterocycles. The van der Waals surface area contributed by atoms with Crippen LogP contribution < -0.4 is 11.1 Å². The monoisotopic (exact) mass is 433 g/mol. The number of nitrogen functional groups attached to an aromatic ring is 1. The van der Waals surface area contributed by atoms with Gasteiger partial charge in [-0.25, -0.2) is 0 Å². The number of hydrogen-bond acceptors (Lipinski definition) is 6. The molecule has 7 nitrogen and oxygen atoms in total. The van der Waals surface area contributed by atoms with Crippen LogP contribution in [0.15, 0.2) is 65.6 Å². The summed E-state index contributed by atoms with van der Waals surface area (Å²) < 4.78 is 27.0. The molecule has 0 aliphatic heterocycles. The molecule has 0 saturated heterocycles. The van der Waals surface area contributed by atoms with Gasteiger partial charge in [0.25, 0.3) is 10.0 Å². The molecule has 142 valence electrons. The molecule has 0 bridgehead atoms. The molecule has 10 heteroatoms. The van der Waals surface area contributed by atoms with E-state index in [4.69, 9.17) is 28.9 Å². The minimum atomic E-state index is -4.07. The molecule has 3 aromatic carbocycles. The predicted octanol–water partition coefficient (Wildman–Crippen LogP) is 4.30. The maximum atomic E-state index is 13.2. The molecule has 0 aliphatic rings. The van der Waals surface area contributed by atoms with Gasteiger partial charge >= 0.3 is 0 Å². The predicted molar refractivity (Wildman–Crippen MR) is 111 cm³/mol. The molecule has 0 radical (unpaired) electrons. The SMILES string of the molecule is Nc1nc(Nc2ccc(Cl)cc2)nn1S(=O)(=O)c1cccc2cc(Cl)ccc12. The van der Waals surface area contributed by atoms with Gasteiger partial charge < -0.3 is 11.1 Å². The topological polar surface area (TPSA) is 103 Å². The number of anilines is 3. The van der Waals surface area contributed by atoms with E-state index in [1.165, 1.54) is 6.07 Å². The highest BCUT2D eigenvalue weighted by molar-refractivity contribution is 7.90. The summed E-state index contributed by atoms with van der Waals surface area (Å²) in [6.07, 6.45) is 0. The Balaban J connectivity index is 1.76. The van der Waals surface area contributed by atoms with Crippen molar-refractivity contribution in [2.75, 3.05) is 11.1 Å². The van der Waals surface area contributed by atoms with E-state index in [9.17, 15) is 8.42 Å². The highest BCUT2D eigenvalue weighted by atomic mass is 35.5. The molecule has 1 heterocycles. The molecule has 0 saturated carbocycles. The van der Waals surface area contributed by atoms with Gasteiger partial charge in [-0.2, -0.15) is 13.4 Å². The van der Waals surface area contributed by atoms with Crippen molar-refractivity contribution < 1.29 is 8.42 Å². The molecule has 0 amide bonds. The third-order valence-corrected chi connectivity index (χ3v) is 6.13. The maximum absolute atomic E-state index is 13.2. The Bertz CT molecular complexity index is 1290. The Morgan fingerprint density at radius 1 is 0.964 bits per heavy atom. The molecule has 28 heavy (non-hydrogen) atoms. The summed E-state index contributed by atoms with van der Waals surface area (Å²) in [4.78, 5) is 4.05. The van der Waals surface area contributed by atoms with Gasteiger partial charge in [0.15, 0.2) is 0 Å². The molecule has 0 unspecified atom stereocenters. The number of nitrogens with two attached hydrogens (primary N) is 1. The van der Waals surface area contributed by atoms with Crippen molar-refractivity contribution >= 4 is 61.6 Å². The van der Waals surface area contributed by atoms with Gasteiger partial charge in [-0.05, 0) is 47.9 Å². The van der Waals surface area contributed by atoms with E-state index < -0.39 is 10.0 Å². The summed E-state index contributed by atoms with van der Waals surface area (Å²) in [5.41, 5.74) is 6.48. The normalized spacial score (nSPS) is 11.6. The van der Waals surface area contributed by atoms with Crippen LogP contribution in [-0.4, -0.2) is 22.6 Å². The number of halogens is 2. The van der Waals surface area contributed by atoms with E-state index in [1.807, 2.05) is 0 Å². The van der Waals surface area contributed by atoms with Crippen molar-refractivity contribution in [1.29, 1.82) is 0 Å². The van der Waals surface area contributed by atoms with Crippen molar-refractivity contribution in [3.8, 4) is 0 Å². The second kappa shape index (κ2) is 6.97. The number of rotatable bonds is 4. The molecule has 0 atom stereocenters. The second-order valence-corrected chi connectivity index (χ2v) is 8.50. The third-order valence-electron chi connectivity index (χ3n) is 4.01. The van der Waals surface area contributed by atoms with Gasteiger partial charge in [0.05, 0.1) is 4.90 Å². The van der Waals surface area contributed by atoms with E-state index in [-0.39, 0.29) is 16.8 Å². The van der Waals surface area contributed by atoms with Crippen LogP contribution in [-0.2, 0) is 10.0 Å². The number of nitrogens with one attached hydrogen (secondary N) is 1. The number of fused-ring (bicyclic) bond motifs is 1. The van der Waals surface area contributed by atoms with Crippen molar-refractivity contribution in [3.63, 3.8) is 0 Å². The van der Waals surface area contributed by atoms with Crippen LogP contribution in [0.5, 0.6) is 0 Å². The van der Waals surface area contributed by atoms with Gasteiger partial charge in [-0.3, -0.25) is 0 Å². The summed E-state index contributed by atoms with van der Waals surface area (Å²) in [5, 5.41) is 9.20. The lowest BCUT2D eigenvalue weighted by Crippen LogP contribution is -2.17. The first-order valence-electron chi connectivity index (χ1n) is 8.03. The van der Waals surface area contributed by atoms with Crippen molar-refractivity contribution in [1.82, 2.24) is 14.2 Å². The van der Waals surface area contributed by atoms with Gasteiger partial charge in [0.1, 0.15) is 0 Å². The quantitative estimate of drug-likeness (QED) is 0.497. The van der Waals surface area contributed by atoms with Crippen molar-refractivity contribution in [2.24, 2.45) is 0 Å². The molecule has 0 fully saturated rings. The molecule has 3 N–H and O–H groups in total. The van der Waals surface area contributed by atoms with Gasteiger partial charge in [-0.15, -0.1) is 9.19 Å². The highest BCUT2D eigenvalue weighted by Gasteiger charge is 2.25. The summed E-state index contributed by atoms with van der Waals surface area (Å²) in [6.45, 7) is 0. The molecular weight excluding hydrogens is 421 g/mol. The fourth-order valence-corrected chi connectivity index (χ4v) is 4.43. The zero-order valence-electron chi connectivity index (χ0n) is 14.2. The fourth-order valence-electron chi connectivity index (χ4n) is 2.75.